The van der Waals surface area contributed by atoms with E-state index in [2.05, 4.69) is 303 Å². The Balaban J connectivity index is 0.930. The van der Waals surface area contributed by atoms with E-state index in [0.29, 0.717) is 0 Å². The van der Waals surface area contributed by atoms with Crippen molar-refractivity contribution < 1.29 is 0 Å². The quantitative estimate of drug-likeness (QED) is 0.125. The van der Waals surface area contributed by atoms with Crippen molar-refractivity contribution in [2.24, 2.45) is 0 Å². The third-order valence-corrected chi connectivity index (χ3v) is 16.2. The van der Waals surface area contributed by atoms with E-state index in [1.807, 2.05) is 0 Å². The van der Waals surface area contributed by atoms with Crippen molar-refractivity contribution in [3.05, 3.63) is 318 Å². The zero-order valence-corrected chi connectivity index (χ0v) is 42.8. The maximum Gasteiger partial charge on any atom is 0.0611 e. The van der Waals surface area contributed by atoms with Gasteiger partial charge in [-0.3, -0.25) is 0 Å². The average Bonchev–Trinajstić information content (AvgIpc) is 4.01. The van der Waals surface area contributed by atoms with Crippen molar-refractivity contribution in [2.75, 3.05) is 4.90 Å². The van der Waals surface area contributed by atoms with Crippen LogP contribution in [-0.4, -0.2) is 4.57 Å². The number of aryl methyl sites for hydroxylation is 1. The molecule has 2 aliphatic carbocycles. The molecule has 360 valence electrons. The summed E-state index contributed by atoms with van der Waals surface area (Å²) < 4.78 is 2.45. The van der Waals surface area contributed by atoms with E-state index < -0.39 is 5.41 Å². The fourth-order valence-electron chi connectivity index (χ4n) is 12.3. The molecule has 1 heterocycles. The lowest BCUT2D eigenvalue weighted by Crippen LogP contribution is -2.27. The lowest BCUT2D eigenvalue weighted by molar-refractivity contribution is 0.635. The maximum absolute atomic E-state index is 2.56. The second kappa shape index (κ2) is 18.8. The molecule has 0 aliphatic heterocycles. The lowest BCUT2D eigenvalue weighted by atomic mass is 9.68. The van der Waals surface area contributed by atoms with Crippen LogP contribution in [0.25, 0.3) is 55.3 Å². The van der Waals surface area contributed by atoms with Crippen LogP contribution in [0.5, 0.6) is 0 Å². The molecule has 0 saturated heterocycles. The number of para-hydroxylation sites is 1. The summed E-state index contributed by atoms with van der Waals surface area (Å²) in [6.07, 6.45) is 11.5. The van der Waals surface area contributed by atoms with Gasteiger partial charge in [0, 0.05) is 38.9 Å². The van der Waals surface area contributed by atoms with Gasteiger partial charge in [0.25, 0.3) is 0 Å². The van der Waals surface area contributed by atoms with Crippen molar-refractivity contribution in [2.45, 2.75) is 44.4 Å². The van der Waals surface area contributed by atoms with Crippen LogP contribution in [0.4, 0.5) is 17.1 Å². The van der Waals surface area contributed by atoms with Crippen LogP contribution in [0.3, 0.4) is 0 Å². The molecule has 0 fully saturated rings. The zero-order valence-electron chi connectivity index (χ0n) is 42.8. The minimum Gasteiger partial charge on any atom is -0.310 e. The highest BCUT2D eigenvalue weighted by molar-refractivity contribution is 6.10. The van der Waals surface area contributed by atoms with Gasteiger partial charge in [-0.25, -0.2) is 0 Å². The summed E-state index contributed by atoms with van der Waals surface area (Å²) >= 11 is 0. The Kier molecular flexibility index (Phi) is 11.5. The Morgan fingerprint density at radius 1 is 0.480 bits per heavy atom. The van der Waals surface area contributed by atoms with Gasteiger partial charge in [-0.15, -0.1) is 0 Å². The molecule has 13 rings (SSSR count). The Hall–Kier alpha value is -8.98. The topological polar surface area (TPSA) is 8.17 Å². The molecule has 10 aromatic carbocycles. The monoisotopic (exact) mass is 962 g/mol. The molecular weight excluding hydrogens is 905 g/mol. The van der Waals surface area contributed by atoms with Crippen LogP contribution in [0.2, 0.25) is 0 Å². The SMILES string of the molecule is Cc1ccc(-n2c3ccccc3c3cc(-c4ccc(N(c5ccc(-c6ccccc6)cc5)c5ccc6c(c5)C(C5=CC=CCC5)(c5ccccc5)C=C6c5ccccc5)cc4)ccc32)cc1C(C)(C)c1ccccc1. The first-order valence-electron chi connectivity index (χ1n) is 26.5. The summed E-state index contributed by atoms with van der Waals surface area (Å²) in [6, 6.07) is 92.0. The molecule has 1 atom stereocenters. The highest BCUT2D eigenvalue weighted by atomic mass is 15.1. The first-order chi connectivity index (χ1) is 36.8. The van der Waals surface area contributed by atoms with E-state index in [4.69, 9.17) is 0 Å². The third-order valence-electron chi connectivity index (χ3n) is 16.2. The predicted octanol–water partition coefficient (Wildman–Crippen LogP) is 19.2. The van der Waals surface area contributed by atoms with Crippen molar-refractivity contribution >= 4 is 44.4 Å². The van der Waals surface area contributed by atoms with Crippen molar-refractivity contribution in [3.63, 3.8) is 0 Å². The van der Waals surface area contributed by atoms with Crippen LogP contribution in [0, 0.1) is 6.92 Å². The average molecular weight is 963 g/mol. The molecule has 0 spiro atoms. The maximum atomic E-state index is 2.56. The lowest BCUT2D eigenvalue weighted by Gasteiger charge is -2.35. The molecule has 75 heavy (non-hydrogen) atoms. The summed E-state index contributed by atoms with van der Waals surface area (Å²) in [4.78, 5) is 2.44. The minimum atomic E-state index is -0.447. The van der Waals surface area contributed by atoms with Gasteiger partial charge in [0.1, 0.15) is 0 Å². The fourth-order valence-corrected chi connectivity index (χ4v) is 12.3. The summed E-state index contributed by atoms with van der Waals surface area (Å²) in [5.41, 5.74) is 22.7. The van der Waals surface area contributed by atoms with Gasteiger partial charge in [0.15, 0.2) is 0 Å². The first kappa shape index (κ1) is 45.9. The number of anilines is 3. The van der Waals surface area contributed by atoms with E-state index in [1.165, 1.54) is 99.8 Å². The Bertz CT molecular complexity index is 3990. The van der Waals surface area contributed by atoms with Gasteiger partial charge in [-0.2, -0.15) is 0 Å². The van der Waals surface area contributed by atoms with Gasteiger partial charge in [-0.05, 0) is 153 Å². The Morgan fingerprint density at radius 3 is 1.73 bits per heavy atom. The molecule has 0 radical (unpaired) electrons. The summed E-state index contributed by atoms with van der Waals surface area (Å²) in [7, 11) is 0. The summed E-state index contributed by atoms with van der Waals surface area (Å²) in [5.74, 6) is 0. The molecule has 2 aliphatic rings. The number of allylic oxidation sites excluding steroid dienone is 5. The molecule has 0 bridgehead atoms. The van der Waals surface area contributed by atoms with E-state index in [1.54, 1.807) is 0 Å². The largest absolute Gasteiger partial charge is 0.310 e. The Morgan fingerprint density at radius 2 is 1.05 bits per heavy atom. The van der Waals surface area contributed by atoms with Crippen LogP contribution in [-0.2, 0) is 10.8 Å². The molecule has 0 saturated carbocycles. The smallest absolute Gasteiger partial charge is 0.0611 e. The van der Waals surface area contributed by atoms with E-state index in [9.17, 15) is 0 Å². The normalized spacial score (nSPS) is 15.2. The van der Waals surface area contributed by atoms with Crippen molar-refractivity contribution in [1.82, 2.24) is 4.57 Å². The van der Waals surface area contributed by atoms with Crippen LogP contribution in [0.15, 0.2) is 279 Å². The minimum absolute atomic E-state index is 0.165. The summed E-state index contributed by atoms with van der Waals surface area (Å²) in [5, 5.41) is 2.48. The fraction of sp³-hybridized carbons (Fsp3) is 0.0959. The molecule has 2 nitrogen and oxygen atoms in total. The van der Waals surface area contributed by atoms with Gasteiger partial charge in [0.05, 0.1) is 16.4 Å². The number of nitrogens with zero attached hydrogens (tertiary/aromatic N) is 2. The van der Waals surface area contributed by atoms with E-state index >= 15 is 0 Å². The van der Waals surface area contributed by atoms with Crippen molar-refractivity contribution in [1.29, 1.82) is 0 Å². The molecule has 0 N–H and O–H groups in total. The van der Waals surface area contributed by atoms with Crippen molar-refractivity contribution in [3.8, 4) is 27.9 Å². The highest BCUT2D eigenvalue weighted by Gasteiger charge is 2.43. The number of aromatic nitrogens is 1. The standard InChI is InChI=1S/C73H58N2/c1-51-33-39-63(48-68(51)72(2,3)57-25-13-6-14-26-57)75-70-32-20-19-31-65(70)66-47-56(38-46-71(66)75)54-36-42-61(43-37-54)74(60-40-34-53(35-41-60)52-21-9-4-10-22-52)62-44-45-64-67(55-23-11-5-12-24-55)50-73(69(64)49-62,58-27-15-7-16-28-58)59-29-17-8-18-30-59/h4-17,19-29,31-50H,18,30H2,1-3H3. The number of rotatable bonds is 11. The number of hydrogen-bond donors (Lipinski definition) is 0. The molecule has 1 aromatic heterocycles. The molecule has 2 heteroatoms. The van der Waals surface area contributed by atoms with Crippen LogP contribution in [0.1, 0.15) is 65.6 Å². The third kappa shape index (κ3) is 7.97. The van der Waals surface area contributed by atoms with Crippen LogP contribution < -0.4 is 4.90 Å². The molecule has 11 aromatic rings. The molecule has 1 unspecified atom stereocenters. The first-order valence-corrected chi connectivity index (χ1v) is 26.5. The number of hydrogen-bond acceptors (Lipinski definition) is 1. The second-order valence-corrected chi connectivity index (χ2v) is 20.9. The van der Waals surface area contributed by atoms with Gasteiger partial charge in [-0.1, -0.05) is 226 Å². The highest BCUT2D eigenvalue weighted by Crippen LogP contribution is 2.54. The number of fused-ring (bicyclic) bond motifs is 4. The van der Waals surface area contributed by atoms with E-state index in [-0.39, 0.29) is 5.41 Å². The second-order valence-electron chi connectivity index (χ2n) is 20.9. The molecule has 0 amide bonds. The Labute approximate surface area is 441 Å². The molecular formula is C73H58N2. The van der Waals surface area contributed by atoms with Gasteiger partial charge in [0.2, 0.25) is 0 Å². The van der Waals surface area contributed by atoms with Gasteiger partial charge >= 0.3 is 0 Å². The summed E-state index contributed by atoms with van der Waals surface area (Å²) in [6.45, 7) is 6.92. The predicted molar refractivity (Wildman–Crippen MR) is 317 cm³/mol. The van der Waals surface area contributed by atoms with Crippen LogP contribution >= 0.6 is 0 Å². The zero-order chi connectivity index (χ0) is 50.5. The van der Waals surface area contributed by atoms with Gasteiger partial charge < -0.3 is 9.47 Å². The number of benzene rings is 10. The van der Waals surface area contributed by atoms with E-state index in [0.717, 1.165) is 29.9 Å².